The minimum Gasteiger partial charge on any atom is -0.464 e. The summed E-state index contributed by atoms with van der Waals surface area (Å²) in [5.74, 6) is -0.403. The molecule has 0 saturated heterocycles. The van der Waals surface area contributed by atoms with E-state index in [-0.39, 0.29) is 12.2 Å². The lowest BCUT2D eigenvalue weighted by molar-refractivity contribution is -0.147. The monoisotopic (exact) mass is 342 g/mol. The summed E-state index contributed by atoms with van der Waals surface area (Å²) in [4.78, 5) is 30.2. The number of carbonyl (C=O) groups excluding carboxylic acids is 1. The van der Waals surface area contributed by atoms with Gasteiger partial charge in [0.25, 0.3) is 5.56 Å². The molecule has 1 aromatic carbocycles. The van der Waals surface area contributed by atoms with E-state index in [0.717, 1.165) is 11.1 Å². The van der Waals surface area contributed by atoms with Gasteiger partial charge in [-0.1, -0.05) is 37.3 Å². The van der Waals surface area contributed by atoms with Gasteiger partial charge in [-0.3, -0.25) is 9.36 Å². The van der Waals surface area contributed by atoms with Gasteiger partial charge in [0.1, 0.15) is 10.9 Å². The number of benzene rings is 1. The van der Waals surface area contributed by atoms with Crippen LogP contribution in [-0.2, 0) is 9.53 Å². The van der Waals surface area contributed by atoms with Crippen LogP contribution in [0.25, 0.3) is 21.3 Å². The van der Waals surface area contributed by atoms with Crippen molar-refractivity contribution in [2.24, 2.45) is 0 Å². The minimum atomic E-state index is -0.655. The first kappa shape index (κ1) is 16.4. The molecule has 124 valence electrons. The van der Waals surface area contributed by atoms with Crippen LogP contribution in [0.15, 0.2) is 46.8 Å². The molecule has 24 heavy (non-hydrogen) atoms. The molecule has 0 amide bonds. The zero-order valence-corrected chi connectivity index (χ0v) is 14.4. The Morgan fingerprint density at radius 2 is 2.04 bits per heavy atom. The molecule has 3 rings (SSSR count). The van der Waals surface area contributed by atoms with E-state index in [1.807, 2.05) is 42.6 Å². The second kappa shape index (κ2) is 6.97. The van der Waals surface area contributed by atoms with E-state index in [4.69, 9.17) is 4.74 Å². The molecule has 2 heterocycles. The van der Waals surface area contributed by atoms with Crippen molar-refractivity contribution in [1.29, 1.82) is 0 Å². The summed E-state index contributed by atoms with van der Waals surface area (Å²) < 4.78 is 6.48. The van der Waals surface area contributed by atoms with Gasteiger partial charge in [0.15, 0.2) is 0 Å². The molecule has 0 bridgehead atoms. The number of aromatic nitrogens is 2. The molecule has 0 fully saturated rings. The first-order valence-electron chi connectivity index (χ1n) is 7.87. The van der Waals surface area contributed by atoms with Gasteiger partial charge in [0, 0.05) is 10.9 Å². The van der Waals surface area contributed by atoms with Crippen LogP contribution in [-0.4, -0.2) is 22.1 Å². The van der Waals surface area contributed by atoms with Gasteiger partial charge in [-0.2, -0.15) is 0 Å². The third-order valence-electron chi connectivity index (χ3n) is 3.89. The van der Waals surface area contributed by atoms with Crippen molar-refractivity contribution in [2.75, 3.05) is 6.61 Å². The molecule has 0 aliphatic rings. The lowest BCUT2D eigenvalue weighted by Gasteiger charge is -2.16. The van der Waals surface area contributed by atoms with E-state index < -0.39 is 12.0 Å². The predicted molar refractivity (Wildman–Crippen MR) is 95.3 cm³/mol. The van der Waals surface area contributed by atoms with Crippen molar-refractivity contribution in [3.63, 3.8) is 0 Å². The molecule has 0 N–H and O–H groups in total. The van der Waals surface area contributed by atoms with Crippen LogP contribution in [0.3, 0.4) is 0 Å². The Kier molecular flexibility index (Phi) is 4.76. The molecule has 6 heteroatoms. The number of nitrogens with zero attached hydrogens (tertiary/aromatic N) is 2. The minimum absolute atomic E-state index is 0.208. The van der Waals surface area contributed by atoms with E-state index in [1.165, 1.54) is 22.2 Å². The first-order chi connectivity index (χ1) is 11.7. The highest BCUT2D eigenvalue weighted by Crippen LogP contribution is 2.30. The van der Waals surface area contributed by atoms with Crippen LogP contribution in [0.4, 0.5) is 0 Å². The number of esters is 1. The molecule has 3 aromatic rings. The molecular formula is C18H18N2O3S. The van der Waals surface area contributed by atoms with Crippen molar-refractivity contribution in [2.45, 2.75) is 26.3 Å². The van der Waals surface area contributed by atoms with E-state index >= 15 is 0 Å². The maximum atomic E-state index is 13.0. The highest BCUT2D eigenvalue weighted by atomic mass is 32.1. The molecule has 0 saturated carbocycles. The van der Waals surface area contributed by atoms with Gasteiger partial charge in [-0.05, 0) is 18.9 Å². The molecule has 1 atom stereocenters. The summed E-state index contributed by atoms with van der Waals surface area (Å²) in [6.45, 7) is 3.89. The third kappa shape index (κ3) is 2.85. The molecule has 0 aliphatic carbocycles. The van der Waals surface area contributed by atoms with E-state index in [9.17, 15) is 9.59 Å². The lowest BCUT2D eigenvalue weighted by Crippen LogP contribution is -2.31. The van der Waals surface area contributed by atoms with Gasteiger partial charge in [-0.25, -0.2) is 9.78 Å². The summed E-state index contributed by atoms with van der Waals surface area (Å²) in [6, 6.07) is 9.06. The molecule has 5 nitrogen and oxygen atoms in total. The van der Waals surface area contributed by atoms with Crippen LogP contribution in [0.5, 0.6) is 0 Å². The number of thiophene rings is 1. The maximum Gasteiger partial charge on any atom is 0.329 e. The zero-order valence-electron chi connectivity index (χ0n) is 13.6. The van der Waals surface area contributed by atoms with Crippen molar-refractivity contribution in [3.8, 4) is 11.1 Å². The molecule has 0 radical (unpaired) electrons. The Hall–Kier alpha value is -2.47. The molecule has 0 spiro atoms. The van der Waals surface area contributed by atoms with E-state index in [2.05, 4.69) is 4.98 Å². The Morgan fingerprint density at radius 3 is 2.71 bits per heavy atom. The van der Waals surface area contributed by atoms with Crippen LogP contribution in [0, 0.1) is 0 Å². The summed E-state index contributed by atoms with van der Waals surface area (Å²) in [5.41, 5.74) is 1.60. The van der Waals surface area contributed by atoms with Crippen LogP contribution >= 0.6 is 11.3 Å². The van der Waals surface area contributed by atoms with Crippen molar-refractivity contribution in [3.05, 3.63) is 52.4 Å². The van der Waals surface area contributed by atoms with E-state index in [1.54, 1.807) is 6.92 Å². The average Bonchev–Trinajstić information content (AvgIpc) is 3.03. The second-order valence-corrected chi connectivity index (χ2v) is 6.19. The standard InChI is InChI=1S/C18H18N2O3S/c1-3-14(18(22)23-4-2)20-11-19-16-15(17(20)21)13(10-24-16)12-8-6-5-7-9-12/h5-11,14H,3-4H2,1-2H3. The second-order valence-electron chi connectivity index (χ2n) is 5.33. The number of ether oxygens (including phenoxy) is 1. The van der Waals surface area contributed by atoms with Crippen LogP contribution < -0.4 is 5.56 Å². The topological polar surface area (TPSA) is 61.2 Å². The van der Waals surface area contributed by atoms with Gasteiger partial charge in [-0.15, -0.1) is 11.3 Å². The molecule has 0 aliphatic heterocycles. The summed E-state index contributed by atoms with van der Waals surface area (Å²) in [5, 5.41) is 2.49. The fourth-order valence-electron chi connectivity index (χ4n) is 2.71. The largest absolute Gasteiger partial charge is 0.464 e. The zero-order chi connectivity index (χ0) is 17.1. The number of carbonyl (C=O) groups is 1. The normalized spacial score (nSPS) is 12.2. The van der Waals surface area contributed by atoms with Gasteiger partial charge < -0.3 is 4.74 Å². The van der Waals surface area contributed by atoms with Crippen LogP contribution in [0.2, 0.25) is 0 Å². The van der Waals surface area contributed by atoms with E-state index in [0.29, 0.717) is 16.6 Å². The molecule has 2 aromatic heterocycles. The number of hydrogen-bond acceptors (Lipinski definition) is 5. The Bertz CT molecular complexity index is 915. The summed E-state index contributed by atoms with van der Waals surface area (Å²) >= 11 is 1.43. The third-order valence-corrected chi connectivity index (χ3v) is 4.77. The van der Waals surface area contributed by atoms with Crippen molar-refractivity contribution < 1.29 is 9.53 Å². The molecular weight excluding hydrogens is 324 g/mol. The van der Waals surface area contributed by atoms with Crippen molar-refractivity contribution in [1.82, 2.24) is 9.55 Å². The highest BCUT2D eigenvalue weighted by Gasteiger charge is 2.23. The number of rotatable bonds is 5. The Balaban J connectivity index is 2.17. The molecule has 1 unspecified atom stereocenters. The fraction of sp³-hybridized carbons (Fsp3) is 0.278. The predicted octanol–water partition coefficient (Wildman–Crippen LogP) is 3.64. The fourth-order valence-corrected chi connectivity index (χ4v) is 3.62. The SMILES string of the molecule is CCOC(=O)C(CC)n1cnc2scc(-c3ccccc3)c2c1=O. The van der Waals surface area contributed by atoms with Gasteiger partial charge >= 0.3 is 5.97 Å². The van der Waals surface area contributed by atoms with Crippen molar-refractivity contribution >= 4 is 27.5 Å². The lowest BCUT2D eigenvalue weighted by atomic mass is 10.1. The number of fused-ring (bicyclic) bond motifs is 1. The van der Waals surface area contributed by atoms with Crippen LogP contribution in [0.1, 0.15) is 26.3 Å². The summed E-state index contributed by atoms with van der Waals surface area (Å²) in [7, 11) is 0. The average molecular weight is 342 g/mol. The quantitative estimate of drug-likeness (QED) is 0.664. The maximum absolute atomic E-state index is 13.0. The number of hydrogen-bond donors (Lipinski definition) is 0. The highest BCUT2D eigenvalue weighted by molar-refractivity contribution is 7.17. The van der Waals surface area contributed by atoms with Gasteiger partial charge in [0.05, 0.1) is 18.3 Å². The Labute approximate surface area is 143 Å². The Morgan fingerprint density at radius 1 is 1.29 bits per heavy atom. The first-order valence-corrected chi connectivity index (χ1v) is 8.75. The summed E-state index contributed by atoms with van der Waals surface area (Å²) in [6.07, 6.45) is 1.91. The van der Waals surface area contributed by atoms with Gasteiger partial charge in [0.2, 0.25) is 0 Å². The smallest absolute Gasteiger partial charge is 0.329 e.